The van der Waals surface area contributed by atoms with Crippen LogP contribution in [0.15, 0.2) is 0 Å². The highest BCUT2D eigenvalue weighted by Gasteiger charge is 2.32. The largest absolute Gasteiger partial charge is 0.353 e. The van der Waals surface area contributed by atoms with E-state index in [1.807, 2.05) is 11.8 Å². The van der Waals surface area contributed by atoms with Crippen molar-refractivity contribution in [2.75, 3.05) is 19.6 Å². The molecule has 0 aromatic carbocycles. The molecule has 1 saturated carbocycles. The van der Waals surface area contributed by atoms with E-state index in [-0.39, 0.29) is 29.7 Å². The number of rotatable bonds is 5. The molecule has 2 aliphatic rings. The van der Waals surface area contributed by atoms with E-state index < -0.39 is 0 Å². The lowest BCUT2D eigenvalue weighted by Gasteiger charge is -2.34. The van der Waals surface area contributed by atoms with Gasteiger partial charge in [0.2, 0.25) is 11.8 Å². The van der Waals surface area contributed by atoms with Crippen LogP contribution in [-0.4, -0.2) is 42.4 Å². The molecule has 0 aromatic heterocycles. The fourth-order valence-corrected chi connectivity index (χ4v) is 2.61. The summed E-state index contributed by atoms with van der Waals surface area (Å²) in [5.74, 6) is 0.606. The number of nitrogens with zero attached hydrogens (tertiary/aromatic N) is 1. The van der Waals surface area contributed by atoms with E-state index in [4.69, 9.17) is 5.73 Å². The molecule has 0 aromatic rings. The molecule has 5 nitrogen and oxygen atoms in total. The molecular formula is C14H25N3O2. The van der Waals surface area contributed by atoms with E-state index in [1.165, 1.54) is 0 Å². The lowest BCUT2D eigenvalue weighted by atomic mass is 10.0. The summed E-state index contributed by atoms with van der Waals surface area (Å²) in [6.45, 7) is 3.90. The normalized spacial score (nSPS) is 22.1. The minimum absolute atomic E-state index is 0.0439. The fourth-order valence-electron chi connectivity index (χ4n) is 2.61. The Balaban J connectivity index is 1.75. The Morgan fingerprint density at radius 3 is 2.37 bits per heavy atom. The van der Waals surface area contributed by atoms with Gasteiger partial charge in [-0.15, -0.1) is 0 Å². The van der Waals surface area contributed by atoms with Crippen molar-refractivity contribution in [3.63, 3.8) is 0 Å². The molecule has 0 bridgehead atoms. The van der Waals surface area contributed by atoms with Crippen molar-refractivity contribution in [1.82, 2.24) is 10.2 Å². The van der Waals surface area contributed by atoms with Gasteiger partial charge in [0.1, 0.15) is 0 Å². The molecule has 0 radical (unpaired) electrons. The zero-order valence-corrected chi connectivity index (χ0v) is 11.7. The monoisotopic (exact) mass is 267 g/mol. The van der Waals surface area contributed by atoms with Gasteiger partial charge in [0.25, 0.3) is 0 Å². The third-order valence-electron chi connectivity index (χ3n) is 4.23. The molecule has 2 amide bonds. The van der Waals surface area contributed by atoms with Gasteiger partial charge in [0.15, 0.2) is 0 Å². The van der Waals surface area contributed by atoms with E-state index in [0.717, 1.165) is 45.2 Å². The van der Waals surface area contributed by atoms with Gasteiger partial charge in [0.05, 0.1) is 5.92 Å². The number of nitrogens with one attached hydrogen (secondary N) is 1. The molecule has 1 atom stereocenters. The van der Waals surface area contributed by atoms with Crippen LogP contribution < -0.4 is 11.1 Å². The average molecular weight is 267 g/mol. The number of amides is 2. The third kappa shape index (κ3) is 3.69. The van der Waals surface area contributed by atoms with Crippen molar-refractivity contribution in [2.45, 2.75) is 45.1 Å². The second-order valence-electron chi connectivity index (χ2n) is 5.72. The van der Waals surface area contributed by atoms with E-state index in [1.54, 1.807) is 0 Å². The maximum absolute atomic E-state index is 12.2. The Morgan fingerprint density at radius 1 is 1.26 bits per heavy atom. The highest BCUT2D eigenvalue weighted by molar-refractivity contribution is 5.81. The van der Waals surface area contributed by atoms with Gasteiger partial charge in [-0.25, -0.2) is 0 Å². The predicted molar refractivity (Wildman–Crippen MR) is 73.3 cm³/mol. The van der Waals surface area contributed by atoms with Crippen molar-refractivity contribution < 1.29 is 9.59 Å². The summed E-state index contributed by atoms with van der Waals surface area (Å²) in [6.07, 6.45) is 4.61. The molecular weight excluding hydrogens is 242 g/mol. The van der Waals surface area contributed by atoms with Crippen molar-refractivity contribution in [1.29, 1.82) is 0 Å². The highest BCUT2D eigenvalue weighted by Crippen LogP contribution is 2.29. The van der Waals surface area contributed by atoms with Gasteiger partial charge < -0.3 is 16.0 Å². The van der Waals surface area contributed by atoms with Crippen molar-refractivity contribution in [3.8, 4) is 0 Å². The van der Waals surface area contributed by atoms with Crippen LogP contribution in [0.4, 0.5) is 0 Å². The first kappa shape index (κ1) is 14.3. The molecule has 1 heterocycles. The number of piperidine rings is 1. The number of hydrogen-bond acceptors (Lipinski definition) is 3. The summed E-state index contributed by atoms with van der Waals surface area (Å²) < 4.78 is 0. The second-order valence-corrected chi connectivity index (χ2v) is 5.72. The lowest BCUT2D eigenvalue weighted by molar-refractivity contribution is -0.136. The standard InChI is InChI=1S/C14H25N3O2/c1-2-10(9-15)14(19)17-7-5-12(6-8-17)16-13(18)11-3-4-11/h10-12H,2-9,15H2,1H3,(H,16,18). The SMILES string of the molecule is CCC(CN)C(=O)N1CCC(NC(=O)C2CC2)CC1. The van der Waals surface area contributed by atoms with Gasteiger partial charge in [0, 0.05) is 31.6 Å². The molecule has 1 unspecified atom stereocenters. The molecule has 2 rings (SSSR count). The van der Waals surface area contributed by atoms with Crippen LogP contribution in [0.1, 0.15) is 39.0 Å². The van der Waals surface area contributed by atoms with Crippen molar-refractivity contribution in [2.24, 2.45) is 17.6 Å². The predicted octanol–water partition coefficient (Wildman–Crippen LogP) is 0.489. The Morgan fingerprint density at radius 2 is 1.89 bits per heavy atom. The van der Waals surface area contributed by atoms with E-state index >= 15 is 0 Å². The maximum atomic E-state index is 12.2. The Kier molecular flexibility index (Phi) is 4.80. The van der Waals surface area contributed by atoms with E-state index in [9.17, 15) is 9.59 Å². The molecule has 108 valence electrons. The van der Waals surface area contributed by atoms with Crippen molar-refractivity contribution in [3.05, 3.63) is 0 Å². The highest BCUT2D eigenvalue weighted by atomic mass is 16.2. The van der Waals surface area contributed by atoms with Crippen LogP contribution in [0.2, 0.25) is 0 Å². The topological polar surface area (TPSA) is 75.4 Å². The summed E-state index contributed by atoms with van der Waals surface area (Å²) in [6, 6.07) is 0.245. The average Bonchev–Trinajstić information content (AvgIpc) is 3.25. The van der Waals surface area contributed by atoms with Gasteiger partial charge >= 0.3 is 0 Å². The molecule has 0 spiro atoms. The van der Waals surface area contributed by atoms with Gasteiger partial charge in [-0.1, -0.05) is 6.92 Å². The summed E-state index contributed by atoms with van der Waals surface area (Å²) >= 11 is 0. The van der Waals surface area contributed by atoms with E-state index in [0.29, 0.717) is 6.54 Å². The first-order valence-electron chi connectivity index (χ1n) is 7.45. The van der Waals surface area contributed by atoms with E-state index in [2.05, 4.69) is 5.32 Å². The van der Waals surface area contributed by atoms with Gasteiger partial charge in [-0.3, -0.25) is 9.59 Å². The number of carbonyl (C=O) groups is 2. The van der Waals surface area contributed by atoms with Crippen LogP contribution >= 0.6 is 0 Å². The lowest BCUT2D eigenvalue weighted by Crippen LogP contribution is -2.49. The van der Waals surface area contributed by atoms with Crippen LogP contribution in [0.5, 0.6) is 0 Å². The summed E-state index contributed by atoms with van der Waals surface area (Å²) in [7, 11) is 0. The summed E-state index contributed by atoms with van der Waals surface area (Å²) in [5, 5.41) is 3.10. The molecule has 2 fully saturated rings. The second kappa shape index (κ2) is 6.37. The quantitative estimate of drug-likeness (QED) is 0.761. The molecule has 5 heteroatoms. The number of nitrogens with two attached hydrogens (primary N) is 1. The molecule has 1 aliphatic carbocycles. The molecule has 1 aliphatic heterocycles. The summed E-state index contributed by atoms with van der Waals surface area (Å²) in [5.41, 5.74) is 5.62. The maximum Gasteiger partial charge on any atom is 0.226 e. The minimum atomic E-state index is -0.0439. The van der Waals surface area contributed by atoms with Crippen LogP contribution in [-0.2, 0) is 9.59 Å². The van der Waals surface area contributed by atoms with Gasteiger partial charge in [-0.2, -0.15) is 0 Å². The van der Waals surface area contributed by atoms with Crippen LogP contribution in [0.25, 0.3) is 0 Å². The first-order valence-corrected chi connectivity index (χ1v) is 7.45. The zero-order valence-electron chi connectivity index (χ0n) is 11.7. The minimum Gasteiger partial charge on any atom is -0.353 e. The zero-order chi connectivity index (χ0) is 13.8. The molecule has 1 saturated heterocycles. The Hall–Kier alpha value is -1.10. The number of hydrogen-bond donors (Lipinski definition) is 2. The van der Waals surface area contributed by atoms with Crippen LogP contribution in [0.3, 0.4) is 0 Å². The number of likely N-dealkylation sites (tertiary alicyclic amines) is 1. The molecule has 19 heavy (non-hydrogen) atoms. The van der Waals surface area contributed by atoms with Crippen LogP contribution in [0, 0.1) is 11.8 Å². The Bertz CT molecular complexity index is 330. The third-order valence-corrected chi connectivity index (χ3v) is 4.23. The smallest absolute Gasteiger partial charge is 0.226 e. The summed E-state index contributed by atoms with van der Waals surface area (Å²) in [4.78, 5) is 25.8. The van der Waals surface area contributed by atoms with Crippen molar-refractivity contribution >= 4 is 11.8 Å². The van der Waals surface area contributed by atoms with Gasteiger partial charge in [-0.05, 0) is 32.1 Å². The molecule has 3 N–H and O–H groups in total. The Labute approximate surface area is 114 Å². The first-order chi connectivity index (χ1) is 9.15. The number of carbonyl (C=O) groups excluding carboxylic acids is 2. The fraction of sp³-hybridized carbons (Fsp3) is 0.857.